The Morgan fingerprint density at radius 3 is 2.67 bits per heavy atom. The smallest absolute Gasteiger partial charge is 0.123 e. The fourth-order valence-electron chi connectivity index (χ4n) is 1.23. The summed E-state index contributed by atoms with van der Waals surface area (Å²) in [4.78, 5) is 0. The van der Waals surface area contributed by atoms with E-state index in [1.165, 1.54) is 6.07 Å². The van der Waals surface area contributed by atoms with Crippen LogP contribution in [-0.2, 0) is 6.42 Å². The largest absolute Gasteiger partial charge is 0.207 e. The van der Waals surface area contributed by atoms with E-state index in [4.69, 9.17) is 11.6 Å². The maximum atomic E-state index is 12.8. The second-order valence-corrected chi connectivity index (χ2v) is 3.31. The van der Waals surface area contributed by atoms with Gasteiger partial charge in [-0.1, -0.05) is 6.07 Å². The molecule has 12 heavy (non-hydrogen) atoms. The summed E-state index contributed by atoms with van der Waals surface area (Å²) in [5.74, 6) is 0.481. The van der Waals surface area contributed by atoms with E-state index >= 15 is 0 Å². The molecule has 0 aromatic heterocycles. The van der Waals surface area contributed by atoms with Crippen molar-refractivity contribution < 1.29 is 4.39 Å². The second kappa shape index (κ2) is 4.46. The summed E-state index contributed by atoms with van der Waals surface area (Å²) >= 11 is 5.54. The first-order chi connectivity index (χ1) is 5.72. The van der Waals surface area contributed by atoms with Gasteiger partial charge in [-0.15, -0.1) is 11.6 Å². The molecule has 0 fully saturated rings. The molecule has 0 radical (unpaired) electrons. The van der Waals surface area contributed by atoms with Gasteiger partial charge in [0.1, 0.15) is 5.82 Å². The Kier molecular flexibility index (Phi) is 3.54. The first-order valence-electron chi connectivity index (χ1n) is 4.04. The van der Waals surface area contributed by atoms with Gasteiger partial charge in [-0.2, -0.15) is 0 Å². The molecule has 0 N–H and O–H groups in total. The molecular formula is C10H12ClF. The first-order valence-corrected chi connectivity index (χ1v) is 4.58. The van der Waals surface area contributed by atoms with Gasteiger partial charge in [0, 0.05) is 5.88 Å². The molecule has 0 atom stereocenters. The van der Waals surface area contributed by atoms with E-state index in [0.717, 1.165) is 24.0 Å². The van der Waals surface area contributed by atoms with Crippen LogP contribution in [0.2, 0.25) is 0 Å². The average Bonchev–Trinajstić information content (AvgIpc) is 1.99. The summed E-state index contributed by atoms with van der Waals surface area (Å²) in [5, 5.41) is 0. The third-order valence-corrected chi connectivity index (χ3v) is 1.97. The van der Waals surface area contributed by atoms with Gasteiger partial charge >= 0.3 is 0 Å². The SMILES string of the molecule is Cc1cc(F)cc(CCCCl)c1. The van der Waals surface area contributed by atoms with Gasteiger partial charge in [0.25, 0.3) is 0 Å². The van der Waals surface area contributed by atoms with E-state index < -0.39 is 0 Å². The molecule has 0 aliphatic rings. The molecule has 0 amide bonds. The number of rotatable bonds is 3. The summed E-state index contributed by atoms with van der Waals surface area (Å²) in [6.07, 6.45) is 1.77. The molecule has 0 aliphatic carbocycles. The molecule has 1 aromatic rings. The molecule has 0 saturated carbocycles. The molecular weight excluding hydrogens is 175 g/mol. The minimum absolute atomic E-state index is 0.153. The molecule has 0 nitrogen and oxygen atoms in total. The molecule has 0 unspecified atom stereocenters. The minimum atomic E-state index is -0.153. The van der Waals surface area contributed by atoms with Crippen LogP contribution < -0.4 is 0 Å². The van der Waals surface area contributed by atoms with E-state index in [1.807, 2.05) is 13.0 Å². The van der Waals surface area contributed by atoms with Crippen LogP contribution in [0.5, 0.6) is 0 Å². The number of alkyl halides is 1. The third kappa shape index (κ3) is 2.82. The van der Waals surface area contributed by atoms with Crippen molar-refractivity contribution >= 4 is 11.6 Å². The van der Waals surface area contributed by atoms with Crippen molar-refractivity contribution in [2.24, 2.45) is 0 Å². The van der Waals surface area contributed by atoms with Gasteiger partial charge in [0.05, 0.1) is 0 Å². The number of hydrogen-bond donors (Lipinski definition) is 0. The molecule has 0 aliphatic heterocycles. The van der Waals surface area contributed by atoms with E-state index in [1.54, 1.807) is 6.07 Å². The van der Waals surface area contributed by atoms with Gasteiger partial charge < -0.3 is 0 Å². The molecule has 0 bridgehead atoms. The minimum Gasteiger partial charge on any atom is -0.207 e. The zero-order valence-corrected chi connectivity index (χ0v) is 7.87. The van der Waals surface area contributed by atoms with E-state index in [-0.39, 0.29) is 5.82 Å². The molecule has 1 rings (SSSR count). The average molecular weight is 187 g/mol. The molecule has 0 saturated heterocycles. The molecule has 1 aromatic carbocycles. The maximum absolute atomic E-state index is 12.8. The third-order valence-electron chi connectivity index (χ3n) is 1.70. The van der Waals surface area contributed by atoms with Crippen LogP contribution in [-0.4, -0.2) is 5.88 Å². The van der Waals surface area contributed by atoms with E-state index in [0.29, 0.717) is 5.88 Å². The normalized spacial score (nSPS) is 10.2. The van der Waals surface area contributed by atoms with Crippen molar-refractivity contribution in [1.29, 1.82) is 0 Å². The van der Waals surface area contributed by atoms with Crippen LogP contribution >= 0.6 is 11.6 Å². The highest BCUT2D eigenvalue weighted by Gasteiger charge is 1.97. The molecule has 2 heteroatoms. The van der Waals surface area contributed by atoms with Gasteiger partial charge in [0.15, 0.2) is 0 Å². The molecule has 66 valence electrons. The van der Waals surface area contributed by atoms with Gasteiger partial charge in [-0.3, -0.25) is 0 Å². The topological polar surface area (TPSA) is 0 Å². The van der Waals surface area contributed by atoms with Crippen LogP contribution in [0.4, 0.5) is 4.39 Å². The Morgan fingerprint density at radius 1 is 1.33 bits per heavy atom. The van der Waals surface area contributed by atoms with Crippen LogP contribution in [0.1, 0.15) is 17.5 Å². The molecule has 0 spiro atoms. The standard InChI is InChI=1S/C10H12ClF/c1-8-5-9(3-2-4-11)7-10(12)6-8/h5-7H,2-4H2,1H3. The van der Waals surface area contributed by atoms with Crippen molar-refractivity contribution in [3.05, 3.63) is 35.1 Å². The number of hydrogen-bond acceptors (Lipinski definition) is 0. The predicted molar refractivity (Wildman–Crippen MR) is 50.2 cm³/mol. The summed E-state index contributed by atoms with van der Waals surface area (Å²) in [6, 6.07) is 5.10. The van der Waals surface area contributed by atoms with Gasteiger partial charge in [-0.25, -0.2) is 4.39 Å². The number of aryl methyl sites for hydroxylation is 2. The zero-order chi connectivity index (χ0) is 8.97. The fraction of sp³-hybridized carbons (Fsp3) is 0.400. The van der Waals surface area contributed by atoms with Crippen LogP contribution in [0.3, 0.4) is 0 Å². The quantitative estimate of drug-likeness (QED) is 0.636. The summed E-state index contributed by atoms with van der Waals surface area (Å²) in [7, 11) is 0. The van der Waals surface area contributed by atoms with Crippen molar-refractivity contribution in [2.75, 3.05) is 5.88 Å². The van der Waals surface area contributed by atoms with E-state index in [2.05, 4.69) is 0 Å². The lowest BCUT2D eigenvalue weighted by molar-refractivity contribution is 0.623. The van der Waals surface area contributed by atoms with Crippen molar-refractivity contribution in [3.63, 3.8) is 0 Å². The van der Waals surface area contributed by atoms with Crippen LogP contribution in [0.15, 0.2) is 18.2 Å². The van der Waals surface area contributed by atoms with Crippen molar-refractivity contribution in [2.45, 2.75) is 19.8 Å². The van der Waals surface area contributed by atoms with Crippen LogP contribution in [0.25, 0.3) is 0 Å². The highest BCUT2D eigenvalue weighted by atomic mass is 35.5. The summed E-state index contributed by atoms with van der Waals surface area (Å²) < 4.78 is 12.8. The Labute approximate surface area is 77.4 Å². The van der Waals surface area contributed by atoms with Crippen molar-refractivity contribution in [1.82, 2.24) is 0 Å². The Hall–Kier alpha value is -0.560. The Balaban J connectivity index is 2.72. The zero-order valence-electron chi connectivity index (χ0n) is 7.11. The molecule has 0 heterocycles. The van der Waals surface area contributed by atoms with Crippen LogP contribution in [0, 0.1) is 12.7 Å². The highest BCUT2D eigenvalue weighted by molar-refractivity contribution is 6.17. The number of halogens is 2. The number of benzene rings is 1. The van der Waals surface area contributed by atoms with Crippen molar-refractivity contribution in [3.8, 4) is 0 Å². The lowest BCUT2D eigenvalue weighted by Crippen LogP contribution is -1.89. The maximum Gasteiger partial charge on any atom is 0.123 e. The lowest BCUT2D eigenvalue weighted by Gasteiger charge is -2.01. The predicted octanol–water partition coefficient (Wildman–Crippen LogP) is 3.31. The van der Waals surface area contributed by atoms with E-state index in [9.17, 15) is 4.39 Å². The lowest BCUT2D eigenvalue weighted by atomic mass is 10.1. The monoisotopic (exact) mass is 186 g/mol. The Bertz CT molecular complexity index is 238. The van der Waals surface area contributed by atoms with Gasteiger partial charge in [-0.05, 0) is 43.0 Å². The summed E-state index contributed by atoms with van der Waals surface area (Å²) in [5.41, 5.74) is 2.01. The fourth-order valence-corrected chi connectivity index (χ4v) is 1.36. The first kappa shape index (κ1) is 9.53. The highest BCUT2D eigenvalue weighted by Crippen LogP contribution is 2.10. The Morgan fingerprint density at radius 2 is 2.08 bits per heavy atom. The second-order valence-electron chi connectivity index (χ2n) is 2.93. The van der Waals surface area contributed by atoms with Gasteiger partial charge in [0.2, 0.25) is 0 Å². The summed E-state index contributed by atoms with van der Waals surface area (Å²) in [6.45, 7) is 1.90.